The number of aryl methyl sites for hydroxylation is 1. The summed E-state index contributed by atoms with van der Waals surface area (Å²) in [5.74, 6) is 0.696. The fraction of sp³-hybridized carbons (Fsp3) is 0.500. The summed E-state index contributed by atoms with van der Waals surface area (Å²) in [6, 6.07) is 3.73. The summed E-state index contributed by atoms with van der Waals surface area (Å²) in [7, 11) is 0. The lowest BCUT2D eigenvalue weighted by Crippen LogP contribution is -2.20. The zero-order valence-corrected chi connectivity index (χ0v) is 7.28. The van der Waals surface area contributed by atoms with Crippen molar-refractivity contribution in [3.8, 4) is 0 Å². The minimum Gasteiger partial charge on any atom is -0.394 e. The van der Waals surface area contributed by atoms with Crippen LogP contribution in [0.1, 0.15) is 12.6 Å². The van der Waals surface area contributed by atoms with Crippen LogP contribution in [0.5, 0.6) is 0 Å². The molecule has 1 unspecified atom stereocenters. The molecule has 1 atom stereocenters. The van der Waals surface area contributed by atoms with Gasteiger partial charge >= 0.3 is 0 Å². The maximum Gasteiger partial charge on any atom is 0.148 e. The summed E-state index contributed by atoms with van der Waals surface area (Å²) in [5.41, 5.74) is 0.886. The fourth-order valence-corrected chi connectivity index (χ4v) is 0.774. The third-order valence-corrected chi connectivity index (χ3v) is 1.47. The molecule has 0 aromatic carbocycles. The highest BCUT2D eigenvalue weighted by Crippen LogP contribution is 2.02. The highest BCUT2D eigenvalue weighted by atomic mass is 16.3. The average Bonchev–Trinajstić information content (AvgIpc) is 2.09. The minimum atomic E-state index is 0.0157. The fourth-order valence-electron chi connectivity index (χ4n) is 0.774. The SMILES string of the molecule is Cc1ccc(NC(C)CO)nn1. The number of aromatic nitrogens is 2. The van der Waals surface area contributed by atoms with Crippen molar-refractivity contribution in [1.29, 1.82) is 0 Å². The van der Waals surface area contributed by atoms with Crippen LogP contribution in [0.3, 0.4) is 0 Å². The highest BCUT2D eigenvalue weighted by molar-refractivity contribution is 5.33. The Morgan fingerprint density at radius 2 is 2.25 bits per heavy atom. The Bertz CT molecular complexity index is 235. The molecule has 0 amide bonds. The van der Waals surface area contributed by atoms with Crippen LogP contribution in [0.2, 0.25) is 0 Å². The van der Waals surface area contributed by atoms with Gasteiger partial charge < -0.3 is 10.4 Å². The van der Waals surface area contributed by atoms with Crippen LogP contribution in [0, 0.1) is 6.92 Å². The Hall–Kier alpha value is -1.16. The summed E-state index contributed by atoms with van der Waals surface area (Å²) >= 11 is 0. The van der Waals surface area contributed by atoms with Gasteiger partial charge in [-0.25, -0.2) is 0 Å². The van der Waals surface area contributed by atoms with Gasteiger partial charge in [0.2, 0.25) is 0 Å². The van der Waals surface area contributed by atoms with Crippen LogP contribution in [-0.4, -0.2) is 28.0 Å². The van der Waals surface area contributed by atoms with Gasteiger partial charge in [-0.15, -0.1) is 5.10 Å². The molecule has 0 aliphatic carbocycles. The zero-order chi connectivity index (χ0) is 8.97. The molecule has 1 heterocycles. The first-order valence-corrected chi connectivity index (χ1v) is 3.90. The number of aliphatic hydroxyl groups excluding tert-OH is 1. The first-order chi connectivity index (χ1) is 5.72. The highest BCUT2D eigenvalue weighted by Gasteiger charge is 1.99. The van der Waals surface area contributed by atoms with Crippen molar-refractivity contribution < 1.29 is 5.11 Å². The smallest absolute Gasteiger partial charge is 0.148 e. The third-order valence-electron chi connectivity index (χ3n) is 1.47. The van der Waals surface area contributed by atoms with Crippen molar-refractivity contribution in [2.24, 2.45) is 0 Å². The van der Waals surface area contributed by atoms with E-state index in [9.17, 15) is 0 Å². The molecule has 4 heteroatoms. The Balaban J connectivity index is 2.58. The van der Waals surface area contributed by atoms with Crippen LogP contribution in [0.4, 0.5) is 5.82 Å². The van der Waals surface area contributed by atoms with E-state index >= 15 is 0 Å². The first kappa shape index (κ1) is 8.93. The van der Waals surface area contributed by atoms with Gasteiger partial charge in [0.25, 0.3) is 0 Å². The molecule has 0 saturated heterocycles. The molecule has 1 rings (SSSR count). The van der Waals surface area contributed by atoms with Crippen LogP contribution in [0.15, 0.2) is 12.1 Å². The lowest BCUT2D eigenvalue weighted by molar-refractivity contribution is 0.281. The van der Waals surface area contributed by atoms with Gasteiger partial charge in [-0.1, -0.05) is 0 Å². The van der Waals surface area contributed by atoms with Crippen LogP contribution < -0.4 is 5.32 Å². The molecular formula is C8H13N3O. The maximum atomic E-state index is 8.74. The van der Waals surface area contributed by atoms with Crippen molar-refractivity contribution in [2.75, 3.05) is 11.9 Å². The van der Waals surface area contributed by atoms with Crippen LogP contribution in [0.25, 0.3) is 0 Å². The molecule has 4 nitrogen and oxygen atoms in total. The van der Waals surface area contributed by atoms with E-state index in [0.29, 0.717) is 5.82 Å². The quantitative estimate of drug-likeness (QED) is 0.691. The molecule has 1 aromatic heterocycles. The van der Waals surface area contributed by atoms with Gasteiger partial charge in [0.15, 0.2) is 0 Å². The number of rotatable bonds is 3. The van der Waals surface area contributed by atoms with Gasteiger partial charge in [0.1, 0.15) is 5.82 Å². The number of anilines is 1. The molecule has 0 bridgehead atoms. The number of aliphatic hydroxyl groups is 1. The second-order valence-corrected chi connectivity index (χ2v) is 2.79. The normalized spacial score (nSPS) is 12.6. The molecule has 0 aliphatic heterocycles. The van der Waals surface area contributed by atoms with Crippen LogP contribution >= 0.6 is 0 Å². The number of nitrogens with zero attached hydrogens (tertiary/aromatic N) is 2. The molecule has 2 N–H and O–H groups in total. The lowest BCUT2D eigenvalue weighted by Gasteiger charge is -2.09. The summed E-state index contributed by atoms with van der Waals surface area (Å²) in [4.78, 5) is 0. The Morgan fingerprint density at radius 1 is 1.50 bits per heavy atom. The summed E-state index contributed by atoms with van der Waals surface area (Å²) < 4.78 is 0. The zero-order valence-electron chi connectivity index (χ0n) is 7.28. The van der Waals surface area contributed by atoms with Gasteiger partial charge in [0, 0.05) is 6.04 Å². The van der Waals surface area contributed by atoms with E-state index in [0.717, 1.165) is 5.69 Å². The Labute approximate surface area is 71.6 Å². The molecule has 0 aliphatic rings. The molecule has 0 fully saturated rings. The van der Waals surface area contributed by atoms with Gasteiger partial charge in [-0.3, -0.25) is 0 Å². The van der Waals surface area contributed by atoms with Crippen molar-refractivity contribution >= 4 is 5.82 Å². The van der Waals surface area contributed by atoms with Crippen molar-refractivity contribution in [3.63, 3.8) is 0 Å². The second kappa shape index (κ2) is 4.01. The number of hydrogen-bond acceptors (Lipinski definition) is 4. The predicted molar refractivity (Wildman–Crippen MR) is 46.9 cm³/mol. The topological polar surface area (TPSA) is 58.0 Å². The third kappa shape index (κ3) is 2.47. The van der Waals surface area contributed by atoms with E-state index in [4.69, 9.17) is 5.11 Å². The number of nitrogens with one attached hydrogen (secondary N) is 1. The lowest BCUT2D eigenvalue weighted by atomic mass is 10.3. The van der Waals surface area contributed by atoms with Crippen molar-refractivity contribution in [1.82, 2.24) is 10.2 Å². The maximum absolute atomic E-state index is 8.74. The summed E-state index contributed by atoms with van der Waals surface area (Å²) in [6.45, 7) is 3.85. The van der Waals surface area contributed by atoms with E-state index in [1.807, 2.05) is 26.0 Å². The monoisotopic (exact) mass is 167 g/mol. The van der Waals surface area contributed by atoms with Gasteiger partial charge in [0.05, 0.1) is 12.3 Å². The van der Waals surface area contributed by atoms with E-state index in [1.54, 1.807) is 0 Å². The van der Waals surface area contributed by atoms with Gasteiger partial charge in [-0.05, 0) is 26.0 Å². The van der Waals surface area contributed by atoms with E-state index < -0.39 is 0 Å². The minimum absolute atomic E-state index is 0.0157. The molecule has 1 aromatic rings. The molecule has 66 valence electrons. The van der Waals surface area contributed by atoms with Gasteiger partial charge in [-0.2, -0.15) is 5.10 Å². The molecule has 0 radical (unpaired) electrons. The predicted octanol–water partition coefficient (Wildman–Crippen LogP) is 0.578. The van der Waals surface area contributed by atoms with Crippen molar-refractivity contribution in [2.45, 2.75) is 19.9 Å². The second-order valence-electron chi connectivity index (χ2n) is 2.79. The molecule has 12 heavy (non-hydrogen) atoms. The molecule has 0 spiro atoms. The van der Waals surface area contributed by atoms with E-state index in [1.165, 1.54) is 0 Å². The molecule has 0 saturated carbocycles. The first-order valence-electron chi connectivity index (χ1n) is 3.90. The number of hydrogen-bond donors (Lipinski definition) is 2. The standard InChI is InChI=1S/C8H13N3O/c1-6-3-4-8(11-10-6)9-7(2)5-12/h3-4,7,12H,5H2,1-2H3,(H,9,11). The summed E-state index contributed by atoms with van der Waals surface area (Å²) in [5, 5.41) is 19.5. The van der Waals surface area contributed by atoms with E-state index in [2.05, 4.69) is 15.5 Å². The van der Waals surface area contributed by atoms with Crippen molar-refractivity contribution in [3.05, 3.63) is 17.8 Å². The largest absolute Gasteiger partial charge is 0.394 e. The van der Waals surface area contributed by atoms with E-state index in [-0.39, 0.29) is 12.6 Å². The molecular weight excluding hydrogens is 154 g/mol. The average molecular weight is 167 g/mol. The Kier molecular flexibility index (Phi) is 2.99. The Morgan fingerprint density at radius 3 is 2.75 bits per heavy atom. The summed E-state index contributed by atoms with van der Waals surface area (Å²) in [6.07, 6.45) is 0. The van der Waals surface area contributed by atoms with Crippen LogP contribution in [-0.2, 0) is 0 Å².